The minimum Gasteiger partial charge on any atom is -0.497 e. The number of hydrogen-bond acceptors (Lipinski definition) is 5. The van der Waals surface area contributed by atoms with Crippen molar-refractivity contribution < 1.29 is 19.4 Å². The van der Waals surface area contributed by atoms with E-state index >= 15 is 0 Å². The quantitative estimate of drug-likeness (QED) is 0.826. The van der Waals surface area contributed by atoms with Gasteiger partial charge in [-0.2, -0.15) is 0 Å². The third kappa shape index (κ3) is 4.32. The molecule has 0 spiro atoms. The van der Waals surface area contributed by atoms with E-state index in [1.807, 2.05) is 12.1 Å². The molecule has 0 bridgehead atoms. The van der Waals surface area contributed by atoms with Crippen LogP contribution in [0.2, 0.25) is 5.15 Å². The van der Waals surface area contributed by atoms with Crippen LogP contribution >= 0.6 is 11.6 Å². The van der Waals surface area contributed by atoms with Crippen LogP contribution in [0.25, 0.3) is 0 Å². The lowest BCUT2D eigenvalue weighted by molar-refractivity contribution is 0.0689. The largest absolute Gasteiger partial charge is 0.497 e. The van der Waals surface area contributed by atoms with Crippen LogP contribution in [-0.4, -0.2) is 34.8 Å². The molecule has 1 N–H and O–H groups in total. The minimum atomic E-state index is -1.14. The summed E-state index contributed by atoms with van der Waals surface area (Å²) in [5.74, 6) is 0.520. The molecule has 0 aliphatic carbocycles. The topological polar surface area (TPSA) is 81.5 Å². The Morgan fingerprint density at radius 3 is 2.76 bits per heavy atom. The summed E-state index contributed by atoms with van der Waals surface area (Å²) in [5.41, 5.74) is -0.133. The van der Waals surface area contributed by atoms with Crippen molar-refractivity contribution in [3.05, 3.63) is 47.0 Å². The van der Waals surface area contributed by atoms with E-state index in [1.165, 1.54) is 6.07 Å². The van der Waals surface area contributed by atoms with Gasteiger partial charge in [-0.25, -0.2) is 14.8 Å². The number of carbonyl (C=O) groups is 1. The van der Waals surface area contributed by atoms with E-state index in [2.05, 4.69) is 9.97 Å². The van der Waals surface area contributed by atoms with Gasteiger partial charge in [0.2, 0.25) is 0 Å². The third-order valence-corrected chi connectivity index (χ3v) is 2.79. The number of halogens is 1. The van der Waals surface area contributed by atoms with Crippen LogP contribution in [0.15, 0.2) is 30.3 Å². The molecule has 0 atom stereocenters. The van der Waals surface area contributed by atoms with Gasteiger partial charge in [-0.05, 0) is 12.1 Å². The summed E-state index contributed by atoms with van der Waals surface area (Å²) in [5, 5.41) is 9.00. The Kier molecular flexibility index (Phi) is 4.94. The zero-order chi connectivity index (χ0) is 15.2. The Labute approximate surface area is 126 Å². The standard InChI is InChI=1S/C14H13ClN2O4/c1-20-9-3-2-4-10(7-9)21-6-5-13-16-11(14(18)19)8-12(15)17-13/h2-4,7-8H,5-6H2,1H3,(H,18,19). The average molecular weight is 309 g/mol. The van der Waals surface area contributed by atoms with E-state index in [0.717, 1.165) is 0 Å². The molecular weight excluding hydrogens is 296 g/mol. The number of methoxy groups -OCH3 is 1. The Hall–Kier alpha value is -2.34. The Morgan fingerprint density at radius 1 is 1.29 bits per heavy atom. The molecule has 2 rings (SSSR count). The number of carboxylic acid groups (broad SMARTS) is 1. The van der Waals surface area contributed by atoms with E-state index in [1.54, 1.807) is 19.2 Å². The van der Waals surface area contributed by atoms with Crippen molar-refractivity contribution in [3.8, 4) is 11.5 Å². The Bertz CT molecular complexity index is 649. The van der Waals surface area contributed by atoms with Gasteiger partial charge >= 0.3 is 5.97 Å². The van der Waals surface area contributed by atoms with Gasteiger partial charge in [-0.3, -0.25) is 0 Å². The maximum atomic E-state index is 10.9. The van der Waals surface area contributed by atoms with Gasteiger partial charge in [0.15, 0.2) is 5.69 Å². The molecule has 0 radical (unpaired) electrons. The molecule has 1 aromatic carbocycles. The summed E-state index contributed by atoms with van der Waals surface area (Å²) < 4.78 is 10.6. The number of benzene rings is 1. The minimum absolute atomic E-state index is 0.0961. The lowest BCUT2D eigenvalue weighted by Gasteiger charge is -2.07. The fraction of sp³-hybridized carbons (Fsp3) is 0.214. The highest BCUT2D eigenvalue weighted by Crippen LogP contribution is 2.19. The van der Waals surface area contributed by atoms with E-state index in [9.17, 15) is 4.79 Å². The van der Waals surface area contributed by atoms with Crippen LogP contribution in [0.5, 0.6) is 11.5 Å². The molecule has 0 aliphatic heterocycles. The Balaban J connectivity index is 1.98. The second-order valence-corrected chi connectivity index (χ2v) is 4.46. The zero-order valence-electron chi connectivity index (χ0n) is 11.2. The smallest absolute Gasteiger partial charge is 0.354 e. The van der Waals surface area contributed by atoms with Crippen LogP contribution in [-0.2, 0) is 6.42 Å². The maximum Gasteiger partial charge on any atom is 0.354 e. The monoisotopic (exact) mass is 308 g/mol. The van der Waals surface area contributed by atoms with Gasteiger partial charge in [0.05, 0.1) is 13.7 Å². The third-order valence-electron chi connectivity index (χ3n) is 2.60. The van der Waals surface area contributed by atoms with Crippen molar-refractivity contribution in [1.29, 1.82) is 0 Å². The molecule has 0 unspecified atom stereocenters. The molecule has 0 saturated carbocycles. The molecule has 2 aromatic rings. The number of nitrogens with zero attached hydrogens (tertiary/aromatic N) is 2. The first-order chi connectivity index (χ1) is 10.1. The van der Waals surface area contributed by atoms with Crippen molar-refractivity contribution >= 4 is 17.6 Å². The number of aromatic nitrogens is 2. The van der Waals surface area contributed by atoms with Gasteiger partial charge in [0.25, 0.3) is 0 Å². The SMILES string of the molecule is COc1cccc(OCCc2nc(Cl)cc(C(=O)O)n2)c1. The molecule has 0 aliphatic rings. The van der Waals surface area contributed by atoms with Crippen molar-refractivity contribution in [2.24, 2.45) is 0 Å². The Morgan fingerprint density at radius 2 is 2.05 bits per heavy atom. The van der Waals surface area contributed by atoms with E-state index in [0.29, 0.717) is 30.4 Å². The number of ether oxygens (including phenoxy) is 2. The molecule has 1 aromatic heterocycles. The van der Waals surface area contributed by atoms with Crippen molar-refractivity contribution in [3.63, 3.8) is 0 Å². The number of rotatable bonds is 6. The summed E-state index contributed by atoms with van der Waals surface area (Å²) in [4.78, 5) is 18.7. The van der Waals surface area contributed by atoms with Crippen molar-refractivity contribution in [1.82, 2.24) is 9.97 Å². The second-order valence-electron chi connectivity index (χ2n) is 4.07. The van der Waals surface area contributed by atoms with Gasteiger partial charge in [-0.15, -0.1) is 0 Å². The fourth-order valence-corrected chi connectivity index (χ4v) is 1.84. The first-order valence-electron chi connectivity index (χ1n) is 6.12. The van der Waals surface area contributed by atoms with E-state index in [4.69, 9.17) is 26.2 Å². The molecule has 21 heavy (non-hydrogen) atoms. The van der Waals surface area contributed by atoms with Gasteiger partial charge in [0.1, 0.15) is 22.5 Å². The number of hydrogen-bond donors (Lipinski definition) is 1. The highest BCUT2D eigenvalue weighted by Gasteiger charge is 2.09. The molecule has 7 heteroatoms. The summed E-state index contributed by atoms with van der Waals surface area (Å²) in [6.45, 7) is 0.298. The lowest BCUT2D eigenvalue weighted by Crippen LogP contribution is -2.09. The number of aromatic carboxylic acids is 1. The van der Waals surface area contributed by atoms with Gasteiger partial charge in [0, 0.05) is 18.6 Å². The normalized spacial score (nSPS) is 10.2. The summed E-state index contributed by atoms with van der Waals surface area (Å²) >= 11 is 5.76. The molecule has 0 amide bonds. The molecular formula is C14H13ClN2O4. The molecule has 1 heterocycles. The lowest BCUT2D eigenvalue weighted by atomic mass is 10.3. The van der Waals surface area contributed by atoms with Gasteiger partial charge in [-0.1, -0.05) is 17.7 Å². The highest BCUT2D eigenvalue weighted by atomic mass is 35.5. The van der Waals surface area contributed by atoms with E-state index < -0.39 is 5.97 Å². The van der Waals surface area contributed by atoms with Crippen LogP contribution in [0.4, 0.5) is 0 Å². The molecule has 110 valence electrons. The van der Waals surface area contributed by atoms with Crippen LogP contribution in [0, 0.1) is 0 Å². The summed E-state index contributed by atoms with van der Waals surface area (Å²) in [6.07, 6.45) is 0.345. The van der Waals surface area contributed by atoms with Crippen molar-refractivity contribution in [2.75, 3.05) is 13.7 Å². The first-order valence-corrected chi connectivity index (χ1v) is 6.50. The van der Waals surface area contributed by atoms with Gasteiger partial charge < -0.3 is 14.6 Å². The number of carboxylic acids is 1. The summed E-state index contributed by atoms with van der Waals surface area (Å²) in [7, 11) is 1.58. The molecule has 6 nitrogen and oxygen atoms in total. The zero-order valence-corrected chi connectivity index (χ0v) is 12.0. The fourth-order valence-electron chi connectivity index (χ4n) is 1.64. The molecule has 0 saturated heterocycles. The van der Waals surface area contributed by atoms with Crippen LogP contribution in [0.3, 0.4) is 0 Å². The highest BCUT2D eigenvalue weighted by molar-refractivity contribution is 6.29. The average Bonchev–Trinajstić information content (AvgIpc) is 2.47. The van der Waals surface area contributed by atoms with Crippen LogP contribution < -0.4 is 9.47 Å². The predicted molar refractivity (Wildman–Crippen MR) is 76.2 cm³/mol. The predicted octanol–water partition coefficient (Wildman–Crippen LogP) is 2.46. The maximum absolute atomic E-state index is 10.9. The van der Waals surface area contributed by atoms with E-state index in [-0.39, 0.29) is 10.8 Å². The summed E-state index contributed by atoms with van der Waals surface area (Å²) in [6, 6.07) is 8.38. The first kappa shape index (κ1) is 15.1. The molecule has 0 fully saturated rings. The van der Waals surface area contributed by atoms with Crippen molar-refractivity contribution in [2.45, 2.75) is 6.42 Å². The van der Waals surface area contributed by atoms with Crippen LogP contribution in [0.1, 0.15) is 16.3 Å². The second kappa shape index (κ2) is 6.90.